The molecule has 1 unspecified atom stereocenters. The maximum atomic E-state index is 6.51. The highest BCUT2D eigenvalue weighted by Crippen LogP contribution is 2.41. The van der Waals surface area contributed by atoms with Crippen LogP contribution in [0.15, 0.2) is 34.8 Å². The van der Waals surface area contributed by atoms with Gasteiger partial charge in [0.15, 0.2) is 0 Å². The molecule has 0 spiro atoms. The molecule has 1 nitrogen and oxygen atoms in total. The number of halogens is 5. The predicted octanol–water partition coefficient (Wildman–Crippen LogP) is 6.75. The lowest BCUT2D eigenvalue weighted by Gasteiger charge is -2.16. The molecule has 6 heteroatoms. The van der Waals surface area contributed by atoms with E-state index in [0.717, 1.165) is 10.0 Å². The van der Waals surface area contributed by atoms with Crippen LogP contribution in [0.5, 0.6) is 5.75 Å². The molecule has 2 rings (SSSR count). The van der Waals surface area contributed by atoms with Crippen molar-refractivity contribution >= 4 is 62.3 Å². The van der Waals surface area contributed by atoms with E-state index in [2.05, 4.69) is 15.9 Å². The Morgan fingerprint density at radius 3 is 2.35 bits per heavy atom. The van der Waals surface area contributed by atoms with Crippen molar-refractivity contribution in [2.45, 2.75) is 5.38 Å². The molecule has 0 bridgehead atoms. The molecule has 0 radical (unpaired) electrons. The maximum Gasteiger partial charge on any atom is 0.138 e. The van der Waals surface area contributed by atoms with Gasteiger partial charge in [-0.25, -0.2) is 0 Å². The fraction of sp³-hybridized carbons (Fsp3) is 0.143. The standard InChI is InChI=1S/C14H9BrCl4O/c1-20-13-6-11(17)9(5-12(13)18)14(19)8-4-7(16)2-3-10(8)15/h2-6,14H,1H3. The topological polar surface area (TPSA) is 9.23 Å². The maximum absolute atomic E-state index is 6.51. The molecular formula is C14H9BrCl4O. The van der Waals surface area contributed by atoms with Gasteiger partial charge in [-0.15, -0.1) is 11.6 Å². The van der Waals surface area contributed by atoms with Gasteiger partial charge < -0.3 is 4.74 Å². The lowest BCUT2D eigenvalue weighted by Crippen LogP contribution is -1.97. The van der Waals surface area contributed by atoms with E-state index in [1.54, 1.807) is 24.3 Å². The van der Waals surface area contributed by atoms with Gasteiger partial charge in [0, 0.05) is 20.6 Å². The molecule has 0 amide bonds. The summed E-state index contributed by atoms with van der Waals surface area (Å²) in [6.07, 6.45) is 0. The van der Waals surface area contributed by atoms with Crippen LogP contribution < -0.4 is 4.74 Å². The zero-order chi connectivity index (χ0) is 14.9. The van der Waals surface area contributed by atoms with E-state index in [-0.39, 0.29) is 0 Å². The highest BCUT2D eigenvalue weighted by Gasteiger charge is 2.19. The van der Waals surface area contributed by atoms with E-state index >= 15 is 0 Å². The molecule has 0 aromatic heterocycles. The molecule has 106 valence electrons. The highest BCUT2D eigenvalue weighted by atomic mass is 79.9. The molecule has 0 fully saturated rings. The van der Waals surface area contributed by atoms with Crippen LogP contribution in [0.2, 0.25) is 15.1 Å². The lowest BCUT2D eigenvalue weighted by atomic mass is 10.0. The summed E-state index contributed by atoms with van der Waals surface area (Å²) < 4.78 is 5.97. The van der Waals surface area contributed by atoms with Crippen molar-refractivity contribution in [2.24, 2.45) is 0 Å². The zero-order valence-electron chi connectivity index (χ0n) is 10.3. The molecule has 1 atom stereocenters. The summed E-state index contributed by atoms with van der Waals surface area (Å²) in [5.41, 5.74) is 1.52. The number of ether oxygens (including phenoxy) is 1. The Kier molecular flexibility index (Phi) is 5.49. The van der Waals surface area contributed by atoms with Crippen LogP contribution in [-0.2, 0) is 0 Å². The second kappa shape index (κ2) is 6.76. The molecule has 0 heterocycles. The Hall–Kier alpha value is -0.120. The summed E-state index contributed by atoms with van der Waals surface area (Å²) >= 11 is 28.3. The second-order valence-electron chi connectivity index (χ2n) is 4.04. The fourth-order valence-corrected chi connectivity index (χ4v) is 3.49. The highest BCUT2D eigenvalue weighted by molar-refractivity contribution is 9.10. The molecular weight excluding hydrogens is 406 g/mol. The third-order valence-corrected chi connectivity index (χ3v) is 4.83. The van der Waals surface area contributed by atoms with Gasteiger partial charge in [0.2, 0.25) is 0 Å². The quantitative estimate of drug-likeness (QED) is 0.505. The normalized spacial score (nSPS) is 12.3. The third kappa shape index (κ3) is 3.37. The summed E-state index contributed by atoms with van der Waals surface area (Å²) in [5.74, 6) is 0.509. The van der Waals surface area contributed by atoms with Crippen molar-refractivity contribution in [3.8, 4) is 5.75 Å². The van der Waals surface area contributed by atoms with Gasteiger partial charge in [-0.1, -0.05) is 50.7 Å². The van der Waals surface area contributed by atoms with Crippen LogP contribution in [-0.4, -0.2) is 7.11 Å². The molecule has 0 N–H and O–H groups in total. The number of hydrogen-bond acceptors (Lipinski definition) is 1. The van der Waals surface area contributed by atoms with Crippen molar-refractivity contribution in [3.63, 3.8) is 0 Å². The molecule has 0 aliphatic heterocycles. The first-order valence-electron chi connectivity index (χ1n) is 5.56. The summed E-state index contributed by atoms with van der Waals surface area (Å²) in [5, 5.41) is 1.07. The van der Waals surface area contributed by atoms with Crippen molar-refractivity contribution in [3.05, 3.63) is 61.0 Å². The minimum Gasteiger partial charge on any atom is -0.495 e. The van der Waals surface area contributed by atoms with Crippen molar-refractivity contribution in [2.75, 3.05) is 7.11 Å². The van der Waals surface area contributed by atoms with Crippen LogP contribution in [0.3, 0.4) is 0 Å². The summed E-state index contributed by atoms with van der Waals surface area (Å²) in [6.45, 7) is 0. The van der Waals surface area contributed by atoms with Gasteiger partial charge in [-0.05, 0) is 35.4 Å². The van der Waals surface area contributed by atoms with Gasteiger partial charge in [0.05, 0.1) is 17.5 Å². The number of hydrogen-bond donors (Lipinski definition) is 0. The van der Waals surface area contributed by atoms with Crippen LogP contribution >= 0.6 is 62.3 Å². The van der Waals surface area contributed by atoms with E-state index < -0.39 is 5.38 Å². The predicted molar refractivity (Wildman–Crippen MR) is 89.9 cm³/mol. The first kappa shape index (κ1) is 16.3. The lowest BCUT2D eigenvalue weighted by molar-refractivity contribution is 0.415. The molecule has 2 aromatic carbocycles. The minimum atomic E-state index is -0.473. The molecule has 20 heavy (non-hydrogen) atoms. The summed E-state index contributed by atoms with van der Waals surface area (Å²) in [7, 11) is 1.53. The Balaban J connectivity index is 2.50. The summed E-state index contributed by atoms with van der Waals surface area (Å²) in [4.78, 5) is 0. The molecule has 0 saturated heterocycles. The fourth-order valence-electron chi connectivity index (χ4n) is 1.77. The molecule has 0 aliphatic rings. The monoisotopic (exact) mass is 412 g/mol. The van der Waals surface area contributed by atoms with Gasteiger partial charge >= 0.3 is 0 Å². The van der Waals surface area contributed by atoms with Gasteiger partial charge in [-0.2, -0.15) is 0 Å². The van der Waals surface area contributed by atoms with Crippen molar-refractivity contribution < 1.29 is 4.74 Å². The molecule has 0 saturated carbocycles. The number of rotatable bonds is 3. The Labute approximate surface area is 145 Å². The van der Waals surface area contributed by atoms with Crippen LogP contribution in [0.25, 0.3) is 0 Å². The summed E-state index contributed by atoms with van der Waals surface area (Å²) in [6, 6.07) is 8.76. The third-order valence-electron chi connectivity index (χ3n) is 2.78. The number of alkyl halides is 1. The van der Waals surface area contributed by atoms with E-state index in [1.807, 2.05) is 6.07 Å². The van der Waals surface area contributed by atoms with Crippen LogP contribution in [0.1, 0.15) is 16.5 Å². The Morgan fingerprint density at radius 2 is 1.70 bits per heavy atom. The van der Waals surface area contributed by atoms with Gasteiger partial charge in [-0.3, -0.25) is 0 Å². The Bertz CT molecular complexity index is 645. The SMILES string of the molecule is COc1cc(Cl)c(C(Cl)c2cc(Cl)ccc2Br)cc1Cl. The first-order chi connectivity index (χ1) is 9.43. The van der Waals surface area contributed by atoms with E-state index in [1.165, 1.54) is 7.11 Å². The smallest absolute Gasteiger partial charge is 0.138 e. The van der Waals surface area contributed by atoms with Gasteiger partial charge in [0.1, 0.15) is 5.75 Å². The number of benzene rings is 2. The molecule has 2 aromatic rings. The van der Waals surface area contributed by atoms with Crippen LogP contribution in [0.4, 0.5) is 0 Å². The number of methoxy groups -OCH3 is 1. The minimum absolute atomic E-state index is 0.454. The van der Waals surface area contributed by atoms with E-state index in [4.69, 9.17) is 51.1 Å². The van der Waals surface area contributed by atoms with Crippen LogP contribution in [0, 0.1) is 0 Å². The molecule has 0 aliphatic carbocycles. The largest absolute Gasteiger partial charge is 0.495 e. The van der Waals surface area contributed by atoms with Gasteiger partial charge in [0.25, 0.3) is 0 Å². The average Bonchev–Trinajstić information content (AvgIpc) is 2.42. The Morgan fingerprint density at radius 1 is 1.00 bits per heavy atom. The van der Waals surface area contributed by atoms with E-state index in [0.29, 0.717) is 26.4 Å². The second-order valence-corrected chi connectivity index (χ2v) is 6.58. The zero-order valence-corrected chi connectivity index (χ0v) is 14.9. The van der Waals surface area contributed by atoms with Crippen molar-refractivity contribution in [1.29, 1.82) is 0 Å². The average molecular weight is 415 g/mol. The van der Waals surface area contributed by atoms with Crippen molar-refractivity contribution in [1.82, 2.24) is 0 Å². The van der Waals surface area contributed by atoms with E-state index in [9.17, 15) is 0 Å². The first-order valence-corrected chi connectivity index (χ1v) is 7.92.